The summed E-state index contributed by atoms with van der Waals surface area (Å²) in [4.78, 5) is 11.6. The van der Waals surface area contributed by atoms with Crippen LogP contribution in [0.5, 0.6) is 5.75 Å². The number of carbonyl (C=O) groups excluding carboxylic acids is 1. The number of pyridine rings is 1. The van der Waals surface area contributed by atoms with Gasteiger partial charge >= 0.3 is 5.97 Å². The molecule has 0 amide bonds. The molecule has 21 heavy (non-hydrogen) atoms. The van der Waals surface area contributed by atoms with Gasteiger partial charge in [0.1, 0.15) is 17.9 Å². The fraction of sp³-hybridized carbons (Fsp3) is 0.125. The number of methoxy groups -OCH3 is 1. The van der Waals surface area contributed by atoms with Crippen LogP contribution in [-0.2, 0) is 11.3 Å². The van der Waals surface area contributed by atoms with Crippen LogP contribution >= 0.6 is 0 Å². The highest BCUT2D eigenvalue weighted by atomic mass is 16.5. The molecule has 0 spiro atoms. The van der Waals surface area contributed by atoms with Gasteiger partial charge in [-0.05, 0) is 17.7 Å². The fourth-order valence-electron chi connectivity index (χ4n) is 2.06. The van der Waals surface area contributed by atoms with E-state index < -0.39 is 5.97 Å². The van der Waals surface area contributed by atoms with Gasteiger partial charge in [0, 0.05) is 0 Å². The van der Waals surface area contributed by atoms with E-state index in [0.29, 0.717) is 23.4 Å². The molecule has 5 nitrogen and oxygen atoms in total. The topological polar surface area (TPSA) is 52.8 Å². The van der Waals surface area contributed by atoms with Gasteiger partial charge in [0.25, 0.3) is 0 Å². The van der Waals surface area contributed by atoms with Gasteiger partial charge in [0.2, 0.25) is 0 Å². The van der Waals surface area contributed by atoms with Gasteiger partial charge in [-0.3, -0.25) is 0 Å². The fourth-order valence-corrected chi connectivity index (χ4v) is 2.06. The van der Waals surface area contributed by atoms with E-state index in [1.165, 1.54) is 13.3 Å². The number of hydrogen-bond acceptors (Lipinski definition) is 4. The Bertz CT molecular complexity index is 766. The molecule has 1 aromatic carbocycles. The normalized spacial score (nSPS) is 10.5. The summed E-state index contributed by atoms with van der Waals surface area (Å²) in [5.41, 5.74) is 2.22. The zero-order chi connectivity index (χ0) is 14.7. The van der Waals surface area contributed by atoms with Gasteiger partial charge in [0.15, 0.2) is 0 Å². The molecule has 5 heteroatoms. The number of benzene rings is 1. The minimum atomic E-state index is -0.400. The Balaban J connectivity index is 1.80. The Labute approximate surface area is 121 Å². The molecular formula is C16H14N2O3. The van der Waals surface area contributed by atoms with Crippen LogP contribution in [0.1, 0.15) is 15.9 Å². The molecule has 0 aliphatic rings. The third kappa shape index (κ3) is 2.72. The minimum Gasteiger partial charge on any atom is -0.487 e. The molecule has 3 aromatic rings. The smallest absolute Gasteiger partial charge is 0.341 e. The summed E-state index contributed by atoms with van der Waals surface area (Å²) < 4.78 is 12.0. The van der Waals surface area contributed by atoms with Crippen LogP contribution in [0, 0.1) is 0 Å². The highest BCUT2D eigenvalue weighted by Gasteiger charge is 2.13. The standard InChI is InChI=1S/C16H14N2O3/c1-20-16(19)14-9-17-18-10-13(7-8-15(14)18)21-11-12-5-3-2-4-6-12/h2-10H,11H2,1H3. The maximum absolute atomic E-state index is 11.6. The van der Waals surface area contributed by atoms with Crippen LogP contribution in [0.15, 0.2) is 54.9 Å². The Morgan fingerprint density at radius 1 is 1.19 bits per heavy atom. The van der Waals surface area contributed by atoms with Gasteiger partial charge < -0.3 is 9.47 Å². The molecule has 0 fully saturated rings. The van der Waals surface area contributed by atoms with Crippen LogP contribution in [0.2, 0.25) is 0 Å². The van der Waals surface area contributed by atoms with Crippen molar-refractivity contribution in [2.75, 3.05) is 7.11 Å². The molecule has 0 aliphatic heterocycles. The van der Waals surface area contributed by atoms with Crippen molar-refractivity contribution < 1.29 is 14.3 Å². The minimum absolute atomic E-state index is 0.400. The van der Waals surface area contributed by atoms with Crippen molar-refractivity contribution in [2.45, 2.75) is 6.61 Å². The van der Waals surface area contributed by atoms with Gasteiger partial charge in [-0.1, -0.05) is 30.3 Å². The van der Waals surface area contributed by atoms with E-state index in [1.54, 1.807) is 16.8 Å². The van der Waals surface area contributed by atoms with E-state index in [-0.39, 0.29) is 0 Å². The lowest BCUT2D eigenvalue weighted by Gasteiger charge is -2.06. The van der Waals surface area contributed by atoms with Crippen molar-refractivity contribution in [2.24, 2.45) is 0 Å². The Kier molecular flexibility index (Phi) is 3.55. The average molecular weight is 282 g/mol. The average Bonchev–Trinajstić information content (AvgIpc) is 2.96. The first-order valence-corrected chi connectivity index (χ1v) is 6.50. The summed E-state index contributed by atoms with van der Waals surface area (Å²) in [6, 6.07) is 13.5. The molecule has 0 N–H and O–H groups in total. The summed E-state index contributed by atoms with van der Waals surface area (Å²) in [5, 5.41) is 4.14. The second kappa shape index (κ2) is 5.66. The highest BCUT2D eigenvalue weighted by molar-refractivity contribution is 5.96. The zero-order valence-corrected chi connectivity index (χ0v) is 11.5. The number of esters is 1. The second-order valence-corrected chi connectivity index (χ2v) is 4.52. The summed E-state index contributed by atoms with van der Waals surface area (Å²) in [5.74, 6) is 0.286. The number of fused-ring (bicyclic) bond motifs is 1. The largest absolute Gasteiger partial charge is 0.487 e. The van der Waals surface area contributed by atoms with E-state index in [9.17, 15) is 4.79 Å². The summed E-state index contributed by atoms with van der Waals surface area (Å²) >= 11 is 0. The number of rotatable bonds is 4. The first kappa shape index (κ1) is 13.2. The number of carbonyl (C=O) groups is 1. The second-order valence-electron chi connectivity index (χ2n) is 4.52. The summed E-state index contributed by atoms with van der Waals surface area (Å²) in [7, 11) is 1.35. The van der Waals surface area contributed by atoms with Crippen LogP contribution in [-0.4, -0.2) is 22.7 Å². The monoisotopic (exact) mass is 282 g/mol. The number of ether oxygens (including phenoxy) is 2. The van der Waals surface area contributed by atoms with E-state index in [0.717, 1.165) is 5.56 Å². The van der Waals surface area contributed by atoms with Crippen LogP contribution < -0.4 is 4.74 Å². The first-order valence-electron chi connectivity index (χ1n) is 6.50. The quantitative estimate of drug-likeness (QED) is 0.690. The molecule has 106 valence electrons. The van der Waals surface area contributed by atoms with E-state index in [4.69, 9.17) is 9.47 Å². The van der Waals surface area contributed by atoms with Crippen LogP contribution in [0.25, 0.3) is 5.52 Å². The molecule has 0 saturated heterocycles. The van der Waals surface area contributed by atoms with Crippen molar-refractivity contribution in [1.82, 2.24) is 9.61 Å². The Morgan fingerprint density at radius 2 is 2.00 bits per heavy atom. The number of hydrogen-bond donors (Lipinski definition) is 0. The summed E-state index contributed by atoms with van der Waals surface area (Å²) in [6.45, 7) is 0.484. The van der Waals surface area contributed by atoms with Gasteiger partial charge in [-0.25, -0.2) is 9.31 Å². The van der Waals surface area contributed by atoms with Crippen molar-refractivity contribution >= 4 is 11.5 Å². The molecule has 0 saturated carbocycles. The first-order chi connectivity index (χ1) is 10.3. The predicted molar refractivity (Wildman–Crippen MR) is 77.3 cm³/mol. The number of nitrogens with zero attached hydrogens (tertiary/aromatic N) is 2. The highest BCUT2D eigenvalue weighted by Crippen LogP contribution is 2.18. The van der Waals surface area contributed by atoms with E-state index >= 15 is 0 Å². The molecule has 0 unspecified atom stereocenters. The molecule has 0 bridgehead atoms. The maximum Gasteiger partial charge on any atom is 0.341 e. The molecule has 0 atom stereocenters. The van der Waals surface area contributed by atoms with Crippen molar-refractivity contribution in [3.8, 4) is 5.75 Å². The third-order valence-electron chi connectivity index (χ3n) is 3.14. The van der Waals surface area contributed by atoms with Gasteiger partial charge in [-0.2, -0.15) is 5.10 Å². The molecule has 2 heterocycles. The molecule has 0 aliphatic carbocycles. The van der Waals surface area contributed by atoms with Gasteiger partial charge in [-0.15, -0.1) is 0 Å². The molecular weight excluding hydrogens is 268 g/mol. The predicted octanol–water partition coefficient (Wildman–Crippen LogP) is 2.70. The number of aromatic nitrogens is 2. The van der Waals surface area contributed by atoms with Crippen molar-refractivity contribution in [3.05, 3.63) is 66.0 Å². The Hall–Kier alpha value is -2.82. The third-order valence-corrected chi connectivity index (χ3v) is 3.14. The lowest BCUT2D eigenvalue weighted by Crippen LogP contribution is -2.01. The lowest BCUT2D eigenvalue weighted by molar-refractivity contribution is 0.0603. The van der Waals surface area contributed by atoms with Crippen LogP contribution in [0.3, 0.4) is 0 Å². The SMILES string of the molecule is COC(=O)c1cnn2cc(OCc3ccccc3)ccc12. The maximum atomic E-state index is 11.6. The van der Waals surface area contributed by atoms with Crippen molar-refractivity contribution in [3.63, 3.8) is 0 Å². The van der Waals surface area contributed by atoms with E-state index in [1.807, 2.05) is 36.4 Å². The van der Waals surface area contributed by atoms with E-state index in [2.05, 4.69) is 5.10 Å². The molecule has 3 rings (SSSR count). The Morgan fingerprint density at radius 3 is 2.76 bits per heavy atom. The van der Waals surface area contributed by atoms with Crippen LogP contribution in [0.4, 0.5) is 0 Å². The van der Waals surface area contributed by atoms with Gasteiger partial charge in [0.05, 0.1) is 25.0 Å². The zero-order valence-electron chi connectivity index (χ0n) is 11.5. The summed E-state index contributed by atoms with van der Waals surface area (Å²) in [6.07, 6.45) is 3.23. The molecule has 2 aromatic heterocycles. The lowest BCUT2D eigenvalue weighted by atomic mass is 10.2. The van der Waals surface area contributed by atoms with Crippen molar-refractivity contribution in [1.29, 1.82) is 0 Å². The molecule has 0 radical (unpaired) electrons.